The number of likely N-dealkylation sites (N-methyl/N-ethyl adjacent to an activating group) is 1. The van der Waals surface area contributed by atoms with Gasteiger partial charge in [-0.1, -0.05) is 79.5 Å². The molecule has 5 rings (SSSR count). The quantitative estimate of drug-likeness (QED) is 0.260. The Morgan fingerprint density at radius 2 is 1.69 bits per heavy atom. The highest BCUT2D eigenvalue weighted by Gasteiger charge is 2.28. The number of fused-ring (bicyclic) bond motifs is 3. The maximum Gasteiger partial charge on any atom is 0.227 e. The molecule has 4 nitrogen and oxygen atoms in total. The lowest BCUT2D eigenvalue weighted by Crippen LogP contribution is -2.22. The van der Waals surface area contributed by atoms with E-state index in [1.54, 1.807) is 0 Å². The summed E-state index contributed by atoms with van der Waals surface area (Å²) in [5, 5.41) is 4.20. The van der Waals surface area contributed by atoms with E-state index in [0.29, 0.717) is 5.95 Å². The number of hydrogen-bond acceptors (Lipinski definition) is 4. The fourth-order valence-electron chi connectivity index (χ4n) is 4.97. The van der Waals surface area contributed by atoms with Crippen molar-refractivity contribution in [3.05, 3.63) is 106 Å². The highest BCUT2D eigenvalue weighted by molar-refractivity contribution is 6.31. The van der Waals surface area contributed by atoms with Gasteiger partial charge in [0.2, 0.25) is 5.95 Å². The number of aromatic nitrogens is 2. The Labute approximate surface area is 219 Å². The van der Waals surface area contributed by atoms with Crippen molar-refractivity contribution in [3.63, 3.8) is 0 Å². The number of rotatable bonds is 9. The molecular weight excluding hydrogens is 464 g/mol. The van der Waals surface area contributed by atoms with E-state index >= 15 is 0 Å². The second kappa shape index (κ2) is 11.2. The van der Waals surface area contributed by atoms with Crippen molar-refractivity contribution in [2.45, 2.75) is 38.5 Å². The molecule has 0 bridgehead atoms. The number of unbranched alkanes of at least 4 members (excludes halogenated alkanes) is 1. The Hall–Kier alpha value is -3.21. The van der Waals surface area contributed by atoms with Crippen LogP contribution in [0.2, 0.25) is 5.02 Å². The molecule has 5 heteroatoms. The summed E-state index contributed by atoms with van der Waals surface area (Å²) < 4.78 is 0. The summed E-state index contributed by atoms with van der Waals surface area (Å²) in [6.45, 7) is 4.48. The normalized spacial score (nSPS) is 14.4. The van der Waals surface area contributed by atoms with E-state index in [1.165, 1.54) is 24.0 Å². The molecule has 1 aliphatic rings. The lowest BCUT2D eigenvalue weighted by Gasteiger charge is -2.28. The zero-order valence-electron chi connectivity index (χ0n) is 21.0. The first-order chi connectivity index (χ1) is 17.6. The van der Waals surface area contributed by atoms with E-state index in [2.05, 4.69) is 89.8 Å². The molecule has 3 aromatic carbocycles. The third-order valence-electron chi connectivity index (χ3n) is 7.05. The van der Waals surface area contributed by atoms with Crippen molar-refractivity contribution in [1.29, 1.82) is 0 Å². The minimum Gasteiger partial charge on any atom is -0.324 e. The van der Waals surface area contributed by atoms with Gasteiger partial charge in [0, 0.05) is 34.9 Å². The molecular formula is C31H33ClN4. The van der Waals surface area contributed by atoms with Gasteiger partial charge in [0.25, 0.3) is 0 Å². The first kappa shape index (κ1) is 24.5. The van der Waals surface area contributed by atoms with E-state index in [0.717, 1.165) is 59.0 Å². The highest BCUT2D eigenvalue weighted by Crippen LogP contribution is 2.43. The molecule has 184 valence electrons. The molecule has 0 aliphatic heterocycles. The average molecular weight is 497 g/mol. The SMILES string of the molecule is CCCCN(C)CCc1ccc(Nc2ncc3c(n2)-c2ccccc2C(c2ccccc2Cl)C3)cc1. The van der Waals surface area contributed by atoms with Gasteiger partial charge in [-0.25, -0.2) is 9.97 Å². The minimum atomic E-state index is 0.193. The predicted molar refractivity (Wildman–Crippen MR) is 150 cm³/mol. The van der Waals surface area contributed by atoms with Crippen molar-refractivity contribution < 1.29 is 0 Å². The summed E-state index contributed by atoms with van der Waals surface area (Å²) in [4.78, 5) is 12.0. The van der Waals surface area contributed by atoms with Crippen LogP contribution in [0.4, 0.5) is 11.6 Å². The van der Waals surface area contributed by atoms with Crippen LogP contribution in [-0.4, -0.2) is 35.0 Å². The first-order valence-corrected chi connectivity index (χ1v) is 13.2. The summed E-state index contributed by atoms with van der Waals surface area (Å²) in [6, 6.07) is 25.3. The molecule has 0 spiro atoms. The first-order valence-electron chi connectivity index (χ1n) is 12.9. The second-order valence-corrected chi connectivity index (χ2v) is 10.1. The van der Waals surface area contributed by atoms with Gasteiger partial charge in [-0.3, -0.25) is 0 Å². The van der Waals surface area contributed by atoms with E-state index in [4.69, 9.17) is 16.6 Å². The molecule has 4 aromatic rings. The summed E-state index contributed by atoms with van der Waals surface area (Å²) >= 11 is 6.59. The van der Waals surface area contributed by atoms with E-state index in [1.807, 2.05) is 18.3 Å². The summed E-state index contributed by atoms with van der Waals surface area (Å²) in [5.74, 6) is 0.810. The molecule has 1 atom stereocenters. The zero-order chi connectivity index (χ0) is 24.9. The number of benzene rings is 3. The largest absolute Gasteiger partial charge is 0.324 e. The van der Waals surface area contributed by atoms with Gasteiger partial charge >= 0.3 is 0 Å². The van der Waals surface area contributed by atoms with Crippen molar-refractivity contribution >= 4 is 23.2 Å². The molecule has 0 fully saturated rings. The molecule has 1 unspecified atom stereocenters. The summed E-state index contributed by atoms with van der Waals surface area (Å²) in [6.07, 6.45) is 6.34. The Bertz CT molecular complexity index is 1320. The van der Waals surface area contributed by atoms with Crippen molar-refractivity contribution in [1.82, 2.24) is 14.9 Å². The molecule has 0 saturated carbocycles. The molecule has 1 aliphatic carbocycles. The van der Waals surface area contributed by atoms with Crippen LogP contribution < -0.4 is 5.32 Å². The molecule has 1 N–H and O–H groups in total. The monoisotopic (exact) mass is 496 g/mol. The van der Waals surface area contributed by atoms with Crippen LogP contribution in [0.1, 0.15) is 47.9 Å². The average Bonchev–Trinajstić information content (AvgIpc) is 2.91. The van der Waals surface area contributed by atoms with Crippen LogP contribution in [0.5, 0.6) is 0 Å². The Kier molecular flexibility index (Phi) is 7.64. The molecule has 1 aromatic heterocycles. The van der Waals surface area contributed by atoms with Gasteiger partial charge < -0.3 is 10.2 Å². The van der Waals surface area contributed by atoms with Gasteiger partial charge in [0.15, 0.2) is 0 Å². The van der Waals surface area contributed by atoms with Crippen LogP contribution in [0.25, 0.3) is 11.3 Å². The second-order valence-electron chi connectivity index (χ2n) is 9.66. The molecule has 0 amide bonds. The van der Waals surface area contributed by atoms with Crippen molar-refractivity contribution in [2.75, 3.05) is 25.5 Å². The van der Waals surface area contributed by atoms with Gasteiger partial charge in [-0.05, 0) is 73.3 Å². The van der Waals surface area contributed by atoms with Crippen LogP contribution in [0, 0.1) is 0 Å². The van der Waals surface area contributed by atoms with Crippen molar-refractivity contribution in [3.8, 4) is 11.3 Å². The number of anilines is 2. The number of halogens is 1. The van der Waals surface area contributed by atoms with Gasteiger partial charge in [-0.15, -0.1) is 0 Å². The topological polar surface area (TPSA) is 41.0 Å². The number of nitrogens with one attached hydrogen (secondary N) is 1. The fraction of sp³-hybridized carbons (Fsp3) is 0.290. The molecule has 36 heavy (non-hydrogen) atoms. The van der Waals surface area contributed by atoms with Gasteiger partial charge in [0.1, 0.15) is 0 Å². The fourth-order valence-corrected chi connectivity index (χ4v) is 5.24. The third-order valence-corrected chi connectivity index (χ3v) is 7.39. The molecule has 0 radical (unpaired) electrons. The van der Waals surface area contributed by atoms with E-state index < -0.39 is 0 Å². The Balaban J connectivity index is 1.33. The van der Waals surface area contributed by atoms with Crippen LogP contribution in [0.3, 0.4) is 0 Å². The summed E-state index contributed by atoms with van der Waals surface area (Å²) in [5.41, 5.74) is 8.04. The van der Waals surface area contributed by atoms with E-state index in [-0.39, 0.29) is 5.92 Å². The third kappa shape index (κ3) is 5.45. The van der Waals surface area contributed by atoms with Crippen LogP contribution >= 0.6 is 11.6 Å². The minimum absolute atomic E-state index is 0.193. The lowest BCUT2D eigenvalue weighted by atomic mass is 9.78. The number of nitrogens with zero attached hydrogens (tertiary/aromatic N) is 3. The highest BCUT2D eigenvalue weighted by atomic mass is 35.5. The van der Waals surface area contributed by atoms with Gasteiger partial charge in [0.05, 0.1) is 5.69 Å². The zero-order valence-corrected chi connectivity index (χ0v) is 21.8. The smallest absolute Gasteiger partial charge is 0.227 e. The van der Waals surface area contributed by atoms with Crippen molar-refractivity contribution in [2.24, 2.45) is 0 Å². The lowest BCUT2D eigenvalue weighted by molar-refractivity contribution is 0.332. The number of hydrogen-bond donors (Lipinski definition) is 1. The standard InChI is InChI=1S/C31H33ClN4/c1-3-4-18-36(2)19-17-22-13-15-24(16-14-22)34-31-33-21-23-20-28(26-10-7-8-12-29(26)32)25-9-5-6-11-27(25)30(23)35-31/h5-16,21,28H,3-4,17-20H2,1-2H3,(H,33,34,35). The Morgan fingerprint density at radius 3 is 2.47 bits per heavy atom. The van der Waals surface area contributed by atoms with E-state index in [9.17, 15) is 0 Å². The van der Waals surface area contributed by atoms with Crippen LogP contribution in [0.15, 0.2) is 79.0 Å². The summed E-state index contributed by atoms with van der Waals surface area (Å²) in [7, 11) is 2.20. The maximum atomic E-state index is 6.59. The molecule has 0 saturated heterocycles. The molecule has 1 heterocycles. The van der Waals surface area contributed by atoms with Gasteiger partial charge in [-0.2, -0.15) is 0 Å². The maximum absolute atomic E-state index is 6.59. The van der Waals surface area contributed by atoms with Crippen LogP contribution in [-0.2, 0) is 12.8 Å². The predicted octanol–water partition coefficient (Wildman–Crippen LogP) is 7.50. The Morgan fingerprint density at radius 1 is 0.944 bits per heavy atom.